The van der Waals surface area contributed by atoms with Gasteiger partial charge in [-0.25, -0.2) is 4.39 Å². The van der Waals surface area contributed by atoms with Gasteiger partial charge in [-0.3, -0.25) is 0 Å². The van der Waals surface area contributed by atoms with E-state index in [1.54, 1.807) is 12.1 Å². The summed E-state index contributed by atoms with van der Waals surface area (Å²) in [6.45, 7) is 4.09. The predicted octanol–water partition coefficient (Wildman–Crippen LogP) is 8.05. The maximum atomic E-state index is 13.8. The van der Waals surface area contributed by atoms with Crippen molar-refractivity contribution >= 4 is 27.5 Å². The van der Waals surface area contributed by atoms with E-state index < -0.39 is 0 Å². The van der Waals surface area contributed by atoms with E-state index in [4.69, 9.17) is 0 Å². The number of benzene rings is 3. The highest BCUT2D eigenvalue weighted by molar-refractivity contribution is 7.19. The average Bonchev–Trinajstić information content (AvgIpc) is 3.46. The van der Waals surface area contributed by atoms with Gasteiger partial charge in [0.1, 0.15) is 5.82 Å². The van der Waals surface area contributed by atoms with Crippen LogP contribution in [0.1, 0.15) is 52.5 Å². The second-order valence-corrected chi connectivity index (χ2v) is 9.42. The Bertz CT molecular complexity index is 1240. The summed E-state index contributed by atoms with van der Waals surface area (Å²) in [7, 11) is 0. The molecule has 150 valence electrons. The average molecular weight is 413 g/mol. The van der Waals surface area contributed by atoms with Gasteiger partial charge in [0.15, 0.2) is 0 Å². The summed E-state index contributed by atoms with van der Waals surface area (Å²) in [6.07, 6.45) is 7.41. The molecule has 1 aliphatic rings. The number of allylic oxidation sites excluding steroid dienone is 1. The van der Waals surface area contributed by atoms with Crippen LogP contribution in [0.3, 0.4) is 0 Å². The fraction of sp³-hybridized carbons (Fsp3) is 0.214. The molecule has 0 N–H and O–H groups in total. The van der Waals surface area contributed by atoms with Crippen LogP contribution in [0.5, 0.6) is 0 Å². The molecule has 3 aromatic carbocycles. The molecule has 4 aromatic rings. The first kappa shape index (κ1) is 19.3. The lowest BCUT2D eigenvalue weighted by atomic mass is 9.86. The van der Waals surface area contributed by atoms with Crippen LogP contribution in [0.15, 0.2) is 72.8 Å². The molecule has 0 atom stereocenters. The molecule has 0 saturated heterocycles. The fourth-order valence-corrected chi connectivity index (χ4v) is 6.19. The zero-order valence-electron chi connectivity index (χ0n) is 17.4. The lowest BCUT2D eigenvalue weighted by Gasteiger charge is -2.19. The van der Waals surface area contributed by atoms with E-state index in [2.05, 4.69) is 60.7 Å². The van der Waals surface area contributed by atoms with E-state index in [-0.39, 0.29) is 11.2 Å². The third-order valence-electron chi connectivity index (χ3n) is 6.31. The maximum Gasteiger partial charge on any atom is 0.123 e. The van der Waals surface area contributed by atoms with Gasteiger partial charge in [0.25, 0.3) is 0 Å². The smallest absolute Gasteiger partial charge is 0.123 e. The van der Waals surface area contributed by atoms with Crippen molar-refractivity contribution in [3.63, 3.8) is 0 Å². The van der Waals surface area contributed by atoms with Crippen molar-refractivity contribution in [2.75, 3.05) is 0 Å². The Morgan fingerprint density at radius 2 is 1.77 bits per heavy atom. The summed E-state index contributed by atoms with van der Waals surface area (Å²) in [6, 6.07) is 22.9. The Hall–Kier alpha value is -2.71. The minimum absolute atomic E-state index is 0.0433. The van der Waals surface area contributed by atoms with Crippen LogP contribution >= 0.6 is 11.3 Å². The lowest BCUT2D eigenvalue weighted by Crippen LogP contribution is -2.11. The number of hydrogen-bond donors (Lipinski definition) is 0. The topological polar surface area (TPSA) is 0 Å². The first-order chi connectivity index (χ1) is 14.6. The molecule has 0 amide bonds. The van der Waals surface area contributed by atoms with E-state index in [0.29, 0.717) is 0 Å². The highest BCUT2D eigenvalue weighted by atomic mass is 32.1. The molecule has 0 spiro atoms. The Morgan fingerprint density at radius 1 is 1.00 bits per heavy atom. The zero-order chi connectivity index (χ0) is 20.7. The number of hydrogen-bond acceptors (Lipinski definition) is 1. The predicted molar refractivity (Wildman–Crippen MR) is 127 cm³/mol. The van der Waals surface area contributed by atoms with Gasteiger partial charge in [-0.05, 0) is 84.5 Å². The molecule has 0 aliphatic heterocycles. The van der Waals surface area contributed by atoms with Gasteiger partial charge in [-0.2, -0.15) is 0 Å². The van der Waals surface area contributed by atoms with Crippen molar-refractivity contribution < 1.29 is 4.39 Å². The van der Waals surface area contributed by atoms with Gasteiger partial charge in [-0.15, -0.1) is 11.3 Å². The molecule has 0 bridgehead atoms. The van der Waals surface area contributed by atoms with Crippen LogP contribution in [0, 0.1) is 12.7 Å². The van der Waals surface area contributed by atoms with E-state index in [1.165, 1.54) is 37.2 Å². The Kier molecular flexibility index (Phi) is 4.83. The normalized spacial score (nSPS) is 15.2. The summed E-state index contributed by atoms with van der Waals surface area (Å²) in [5, 5.41) is 1.36. The van der Waals surface area contributed by atoms with Gasteiger partial charge in [-0.1, -0.05) is 60.7 Å². The van der Waals surface area contributed by atoms with Gasteiger partial charge >= 0.3 is 0 Å². The first-order valence-corrected chi connectivity index (χ1v) is 11.4. The molecular formula is C28H25FS. The SMILES string of the molecule is C/C=C/c1ccc(Cc2c(C3(c4ccc(F)cc4C)CC3)sc3ccccc23)cc1. The van der Waals surface area contributed by atoms with Crippen molar-refractivity contribution in [1.29, 1.82) is 0 Å². The van der Waals surface area contributed by atoms with Crippen molar-refractivity contribution in [2.45, 2.75) is 38.5 Å². The third-order valence-corrected chi connectivity index (χ3v) is 7.72. The Labute approximate surface area is 181 Å². The van der Waals surface area contributed by atoms with Gasteiger partial charge in [0.2, 0.25) is 0 Å². The zero-order valence-corrected chi connectivity index (χ0v) is 18.2. The third kappa shape index (κ3) is 3.30. The summed E-state index contributed by atoms with van der Waals surface area (Å²) < 4.78 is 15.1. The fourth-order valence-electron chi connectivity index (χ4n) is 4.71. The summed E-state index contributed by atoms with van der Waals surface area (Å²) in [5.41, 5.74) is 6.40. The molecule has 0 nitrogen and oxygen atoms in total. The molecular weight excluding hydrogens is 387 g/mol. The molecule has 1 saturated carbocycles. The molecule has 5 rings (SSSR count). The molecule has 1 heterocycles. The van der Waals surface area contributed by atoms with Crippen LogP contribution in [0.25, 0.3) is 16.2 Å². The van der Waals surface area contributed by atoms with E-state index in [0.717, 1.165) is 24.8 Å². The van der Waals surface area contributed by atoms with Gasteiger partial charge in [0.05, 0.1) is 0 Å². The maximum absolute atomic E-state index is 13.8. The number of fused-ring (bicyclic) bond motifs is 1. The van der Waals surface area contributed by atoms with Crippen LogP contribution in [0.2, 0.25) is 0 Å². The van der Waals surface area contributed by atoms with Crippen molar-refractivity contribution in [3.05, 3.63) is 111 Å². The van der Waals surface area contributed by atoms with Gasteiger partial charge in [0, 0.05) is 15.0 Å². The number of thiophene rings is 1. The van der Waals surface area contributed by atoms with Crippen molar-refractivity contribution in [3.8, 4) is 0 Å². The highest BCUT2D eigenvalue weighted by Gasteiger charge is 2.49. The van der Waals surface area contributed by atoms with E-state index in [9.17, 15) is 4.39 Å². The van der Waals surface area contributed by atoms with Gasteiger partial charge < -0.3 is 0 Å². The summed E-state index contributed by atoms with van der Waals surface area (Å²) in [5.74, 6) is -0.148. The molecule has 0 unspecified atom stereocenters. The van der Waals surface area contributed by atoms with Crippen LogP contribution in [-0.2, 0) is 11.8 Å². The number of aryl methyl sites for hydroxylation is 1. The first-order valence-electron chi connectivity index (χ1n) is 10.6. The second kappa shape index (κ2) is 7.52. The van der Waals surface area contributed by atoms with Crippen molar-refractivity contribution in [2.24, 2.45) is 0 Å². The molecule has 1 aromatic heterocycles. The molecule has 0 radical (unpaired) electrons. The Balaban J connectivity index is 1.62. The molecule has 30 heavy (non-hydrogen) atoms. The number of halogens is 1. The minimum Gasteiger partial charge on any atom is -0.207 e. The van der Waals surface area contributed by atoms with E-state index >= 15 is 0 Å². The molecule has 1 fully saturated rings. The summed E-state index contributed by atoms with van der Waals surface area (Å²) in [4.78, 5) is 1.47. The standard InChI is InChI=1S/C28H25FS/c1-3-6-20-9-11-21(12-10-20)18-24-23-7-4-5-8-26(23)30-27(24)28(15-16-28)25-14-13-22(29)17-19(25)2/h3-14,17H,15-16,18H2,1-2H3/b6-3+. The summed E-state index contributed by atoms with van der Waals surface area (Å²) >= 11 is 1.93. The Morgan fingerprint density at radius 3 is 2.47 bits per heavy atom. The number of rotatable bonds is 5. The van der Waals surface area contributed by atoms with Crippen LogP contribution < -0.4 is 0 Å². The second-order valence-electron chi connectivity index (χ2n) is 8.37. The van der Waals surface area contributed by atoms with Crippen LogP contribution in [0.4, 0.5) is 4.39 Å². The van der Waals surface area contributed by atoms with Crippen molar-refractivity contribution in [1.82, 2.24) is 0 Å². The molecule has 2 heteroatoms. The largest absolute Gasteiger partial charge is 0.207 e. The quantitative estimate of drug-likeness (QED) is 0.311. The lowest BCUT2D eigenvalue weighted by molar-refractivity contribution is 0.624. The van der Waals surface area contributed by atoms with Crippen LogP contribution in [-0.4, -0.2) is 0 Å². The molecule has 1 aliphatic carbocycles. The highest BCUT2D eigenvalue weighted by Crippen LogP contribution is 2.58. The van der Waals surface area contributed by atoms with E-state index in [1.807, 2.05) is 31.3 Å². The minimum atomic E-state index is -0.148. The monoisotopic (exact) mass is 412 g/mol.